The first-order valence-electron chi connectivity index (χ1n) is 7.76. The highest BCUT2D eigenvalue weighted by atomic mass is 16.5. The molecule has 0 aliphatic carbocycles. The first-order chi connectivity index (χ1) is 11.1. The summed E-state index contributed by atoms with van der Waals surface area (Å²) in [7, 11) is 0. The smallest absolute Gasteiger partial charge is 0.250 e. The maximum atomic E-state index is 12.3. The zero-order chi connectivity index (χ0) is 16.0. The van der Waals surface area contributed by atoms with E-state index in [-0.39, 0.29) is 24.2 Å². The van der Waals surface area contributed by atoms with E-state index in [0.29, 0.717) is 43.9 Å². The Morgan fingerprint density at radius 2 is 2.04 bits per heavy atom. The van der Waals surface area contributed by atoms with E-state index in [1.54, 1.807) is 9.58 Å². The third-order valence-corrected chi connectivity index (χ3v) is 4.44. The molecule has 0 bridgehead atoms. The number of piperidine rings is 1. The van der Waals surface area contributed by atoms with Crippen LogP contribution in [0.2, 0.25) is 0 Å². The number of anilines is 1. The molecule has 0 saturated carbocycles. The summed E-state index contributed by atoms with van der Waals surface area (Å²) in [5, 5.41) is 4.51. The van der Waals surface area contributed by atoms with Crippen molar-refractivity contribution >= 4 is 29.3 Å². The number of aromatic nitrogens is 3. The van der Waals surface area contributed by atoms with Crippen molar-refractivity contribution in [2.24, 2.45) is 10.9 Å². The minimum atomic E-state index is -0.105. The number of morpholine rings is 1. The molecule has 0 spiro atoms. The van der Waals surface area contributed by atoms with Gasteiger partial charge in [-0.25, -0.2) is 9.67 Å². The molecule has 3 aliphatic heterocycles. The number of hydrogen-bond acceptors (Lipinski definition) is 7. The highest BCUT2D eigenvalue weighted by Crippen LogP contribution is 2.26. The number of rotatable bonds is 1. The van der Waals surface area contributed by atoms with Gasteiger partial charge >= 0.3 is 0 Å². The Morgan fingerprint density at radius 1 is 1.26 bits per heavy atom. The number of hydrogen-bond donors (Lipinski definition) is 0. The molecule has 122 valence electrons. The quantitative estimate of drug-likeness (QED) is 0.676. The highest BCUT2D eigenvalue weighted by Gasteiger charge is 2.37. The van der Waals surface area contributed by atoms with E-state index in [0.717, 1.165) is 13.1 Å². The third kappa shape index (κ3) is 2.50. The number of likely N-dealkylation sites (tertiary alicyclic amines) is 1. The van der Waals surface area contributed by atoms with E-state index in [4.69, 9.17) is 4.74 Å². The van der Waals surface area contributed by atoms with Gasteiger partial charge < -0.3 is 14.5 Å². The fourth-order valence-electron chi connectivity index (χ4n) is 3.18. The van der Waals surface area contributed by atoms with Crippen LogP contribution in [0.4, 0.5) is 11.9 Å². The fraction of sp³-hybridized carbons (Fsp3) is 0.643. The van der Waals surface area contributed by atoms with Crippen LogP contribution in [-0.4, -0.2) is 76.5 Å². The molecule has 2 fully saturated rings. The first-order valence-corrected chi connectivity index (χ1v) is 7.76. The molecule has 4 heterocycles. The van der Waals surface area contributed by atoms with Crippen molar-refractivity contribution < 1.29 is 14.3 Å². The Bertz CT molecular complexity index is 691. The Morgan fingerprint density at radius 3 is 2.78 bits per heavy atom. The number of ketones is 1. The van der Waals surface area contributed by atoms with Crippen LogP contribution in [-0.2, 0) is 20.9 Å². The van der Waals surface area contributed by atoms with Gasteiger partial charge in [-0.2, -0.15) is 4.98 Å². The number of Topliss-reactive ketones (excluding diaryl/α,β-unsaturated/α-hetero) is 1. The molecule has 1 aromatic heterocycles. The van der Waals surface area contributed by atoms with E-state index >= 15 is 0 Å². The minimum Gasteiger partial charge on any atom is -0.378 e. The van der Waals surface area contributed by atoms with E-state index in [1.807, 2.05) is 0 Å². The Balaban J connectivity index is 1.61. The average Bonchev–Trinajstić information content (AvgIpc) is 2.96. The number of aliphatic imine (C=N–C) groups is 1. The Kier molecular flexibility index (Phi) is 3.37. The lowest BCUT2D eigenvalue weighted by molar-refractivity contribution is -0.133. The molecule has 0 N–H and O–H groups in total. The zero-order valence-electron chi connectivity index (χ0n) is 12.9. The van der Waals surface area contributed by atoms with Crippen LogP contribution in [0, 0.1) is 5.92 Å². The zero-order valence-corrected chi connectivity index (χ0v) is 12.9. The fourth-order valence-corrected chi connectivity index (χ4v) is 3.18. The van der Waals surface area contributed by atoms with Crippen LogP contribution in [0.3, 0.4) is 0 Å². The molecule has 9 heteroatoms. The highest BCUT2D eigenvalue weighted by molar-refractivity contribution is 6.42. The molecule has 0 aromatic carbocycles. The van der Waals surface area contributed by atoms with Gasteiger partial charge in [0, 0.05) is 32.5 Å². The third-order valence-electron chi connectivity index (χ3n) is 4.44. The predicted molar refractivity (Wildman–Crippen MR) is 80.9 cm³/mol. The molecule has 0 radical (unpaired) electrons. The van der Waals surface area contributed by atoms with Gasteiger partial charge in [0.25, 0.3) is 0 Å². The van der Waals surface area contributed by atoms with E-state index in [2.05, 4.69) is 20.0 Å². The Labute approximate surface area is 132 Å². The average molecular weight is 318 g/mol. The second kappa shape index (κ2) is 5.41. The van der Waals surface area contributed by atoms with Gasteiger partial charge in [-0.05, 0) is 0 Å². The number of carbonyl (C=O) groups is 2. The molecule has 23 heavy (non-hydrogen) atoms. The summed E-state index contributed by atoms with van der Waals surface area (Å²) >= 11 is 0. The van der Waals surface area contributed by atoms with Crippen LogP contribution < -0.4 is 4.90 Å². The normalized spacial score (nSPS) is 24.1. The molecule has 9 nitrogen and oxygen atoms in total. The van der Waals surface area contributed by atoms with Gasteiger partial charge in [-0.3, -0.25) is 9.59 Å². The summed E-state index contributed by atoms with van der Waals surface area (Å²) in [6.45, 7) is 5.44. The summed E-state index contributed by atoms with van der Waals surface area (Å²) in [5.74, 6) is 0.811. The number of carbonyl (C=O) groups excluding carboxylic acids is 2. The van der Waals surface area contributed by atoms with Crippen LogP contribution in [0.1, 0.15) is 6.92 Å². The van der Waals surface area contributed by atoms with Crippen LogP contribution in [0.5, 0.6) is 0 Å². The molecular weight excluding hydrogens is 300 g/mol. The van der Waals surface area contributed by atoms with Crippen molar-refractivity contribution in [2.75, 3.05) is 44.3 Å². The van der Waals surface area contributed by atoms with Crippen molar-refractivity contribution in [1.29, 1.82) is 0 Å². The summed E-state index contributed by atoms with van der Waals surface area (Å²) in [6.07, 6.45) is 0. The van der Waals surface area contributed by atoms with Crippen molar-refractivity contribution in [3.63, 3.8) is 0 Å². The molecule has 1 aromatic rings. The van der Waals surface area contributed by atoms with Gasteiger partial charge in [0.1, 0.15) is 0 Å². The molecule has 1 atom stereocenters. The molecule has 1 unspecified atom stereocenters. The standard InChI is InChI=1S/C14H18N6O3/c1-9(21)19-6-10-7-20-13(15-12(10)11(22)8-19)16-14(17-20)18-2-4-23-5-3-18/h10H,2-8H2,1H3. The largest absolute Gasteiger partial charge is 0.378 e. The first kappa shape index (κ1) is 14.3. The number of fused-ring (bicyclic) bond motifs is 2. The van der Waals surface area contributed by atoms with Crippen molar-refractivity contribution in [3.8, 4) is 0 Å². The van der Waals surface area contributed by atoms with Gasteiger partial charge in [0.2, 0.25) is 17.8 Å². The molecule has 2 saturated heterocycles. The second-order valence-electron chi connectivity index (χ2n) is 6.01. The second-order valence-corrected chi connectivity index (χ2v) is 6.01. The summed E-state index contributed by atoms with van der Waals surface area (Å²) < 4.78 is 7.07. The SMILES string of the molecule is CC(=O)N1CC(=O)C2=Nc3nc(N4CCOCC4)nn3CC2C1. The number of ether oxygens (including phenoxy) is 1. The van der Waals surface area contributed by atoms with Gasteiger partial charge in [0.05, 0.1) is 32.0 Å². The Hall–Kier alpha value is -2.29. The van der Waals surface area contributed by atoms with Crippen molar-refractivity contribution in [2.45, 2.75) is 13.5 Å². The van der Waals surface area contributed by atoms with Gasteiger partial charge in [0.15, 0.2) is 5.78 Å². The minimum absolute atomic E-state index is 0.0872. The van der Waals surface area contributed by atoms with Crippen LogP contribution in [0.25, 0.3) is 0 Å². The monoisotopic (exact) mass is 318 g/mol. The topological polar surface area (TPSA) is 92.9 Å². The number of amides is 1. The van der Waals surface area contributed by atoms with Gasteiger partial charge in [-0.1, -0.05) is 0 Å². The maximum Gasteiger partial charge on any atom is 0.250 e. The lowest BCUT2D eigenvalue weighted by Crippen LogP contribution is -2.51. The lowest BCUT2D eigenvalue weighted by Gasteiger charge is -2.33. The summed E-state index contributed by atoms with van der Waals surface area (Å²) in [4.78, 5) is 36.3. The van der Waals surface area contributed by atoms with Gasteiger partial charge in [-0.15, -0.1) is 5.10 Å². The summed E-state index contributed by atoms with van der Waals surface area (Å²) in [5.41, 5.74) is 0.524. The number of nitrogens with zero attached hydrogens (tertiary/aromatic N) is 6. The molecule has 3 aliphatic rings. The van der Waals surface area contributed by atoms with Crippen molar-refractivity contribution in [3.05, 3.63) is 0 Å². The van der Waals surface area contributed by atoms with E-state index in [1.165, 1.54) is 6.92 Å². The van der Waals surface area contributed by atoms with Crippen LogP contribution in [0.15, 0.2) is 4.99 Å². The molecule has 4 rings (SSSR count). The van der Waals surface area contributed by atoms with Crippen LogP contribution >= 0.6 is 0 Å². The summed E-state index contributed by atoms with van der Waals surface area (Å²) in [6, 6.07) is 0. The van der Waals surface area contributed by atoms with E-state index < -0.39 is 0 Å². The molecule has 1 amide bonds. The van der Waals surface area contributed by atoms with E-state index in [9.17, 15) is 9.59 Å². The molecular formula is C14H18N6O3. The predicted octanol–water partition coefficient (Wildman–Crippen LogP) is -0.752. The van der Waals surface area contributed by atoms with Crippen molar-refractivity contribution in [1.82, 2.24) is 19.7 Å². The lowest BCUT2D eigenvalue weighted by atomic mass is 9.93. The maximum absolute atomic E-state index is 12.3.